The minimum absolute atomic E-state index is 0.193. The van der Waals surface area contributed by atoms with Crippen molar-refractivity contribution in [2.24, 2.45) is 0 Å². The van der Waals surface area contributed by atoms with Crippen molar-refractivity contribution < 1.29 is 0 Å². The Hall–Kier alpha value is -1.24. The van der Waals surface area contributed by atoms with E-state index in [4.69, 9.17) is 0 Å². The predicted molar refractivity (Wildman–Crippen MR) is 89.1 cm³/mol. The molecule has 0 amide bonds. The fourth-order valence-corrected chi connectivity index (χ4v) is 3.24. The van der Waals surface area contributed by atoms with E-state index in [1.165, 1.54) is 5.56 Å². The fraction of sp³-hybridized carbons (Fsp3) is 0.750. The highest BCUT2D eigenvalue weighted by Gasteiger charge is 2.25. The third kappa shape index (κ3) is 3.94. The first-order valence-electron chi connectivity index (χ1n) is 8.24. The zero-order valence-corrected chi connectivity index (χ0v) is 14.0. The van der Waals surface area contributed by atoms with Crippen LogP contribution in [0.5, 0.6) is 0 Å². The van der Waals surface area contributed by atoms with E-state index in [2.05, 4.69) is 50.9 Å². The van der Waals surface area contributed by atoms with Crippen molar-refractivity contribution in [2.45, 2.75) is 25.9 Å². The van der Waals surface area contributed by atoms with Gasteiger partial charge in [0.15, 0.2) is 0 Å². The summed E-state index contributed by atoms with van der Waals surface area (Å²) in [7, 11) is 2.16. The summed E-state index contributed by atoms with van der Waals surface area (Å²) in [4.78, 5) is 16.3. The summed E-state index contributed by atoms with van der Waals surface area (Å²) in [5, 5.41) is 3.55. The van der Waals surface area contributed by atoms with Gasteiger partial charge in [0.1, 0.15) is 0 Å². The molecule has 2 aliphatic heterocycles. The maximum atomic E-state index is 4.58. The van der Waals surface area contributed by atoms with Crippen molar-refractivity contribution in [3.63, 3.8) is 0 Å². The SMILES string of the molecule is CN1CCN(c2ncc(CN3CCNC(C)(C)C3)cn2)CC1. The normalized spacial score (nSPS) is 23.7. The quantitative estimate of drug-likeness (QED) is 0.873. The second-order valence-electron chi connectivity index (χ2n) is 7.20. The van der Waals surface area contributed by atoms with Gasteiger partial charge in [-0.3, -0.25) is 4.90 Å². The molecule has 0 bridgehead atoms. The Kier molecular flexibility index (Phi) is 4.61. The highest BCUT2D eigenvalue weighted by Crippen LogP contribution is 2.14. The van der Waals surface area contributed by atoms with Crippen molar-refractivity contribution in [3.05, 3.63) is 18.0 Å². The highest BCUT2D eigenvalue weighted by atomic mass is 15.3. The average Bonchev–Trinajstić information content (AvgIpc) is 2.48. The second-order valence-corrected chi connectivity index (χ2v) is 7.20. The maximum Gasteiger partial charge on any atom is 0.225 e. The van der Waals surface area contributed by atoms with Crippen molar-refractivity contribution in [3.8, 4) is 0 Å². The van der Waals surface area contributed by atoms with Crippen LogP contribution in [0.4, 0.5) is 5.95 Å². The Morgan fingerprint density at radius 1 is 1.09 bits per heavy atom. The fourth-order valence-electron chi connectivity index (χ4n) is 3.24. The van der Waals surface area contributed by atoms with Gasteiger partial charge in [-0.25, -0.2) is 9.97 Å². The van der Waals surface area contributed by atoms with Gasteiger partial charge in [0.25, 0.3) is 0 Å². The summed E-state index contributed by atoms with van der Waals surface area (Å²) in [6.45, 7) is 12.8. The lowest BCUT2D eigenvalue weighted by Crippen LogP contribution is -2.56. The molecule has 2 fully saturated rings. The first-order valence-corrected chi connectivity index (χ1v) is 8.24. The minimum Gasteiger partial charge on any atom is -0.338 e. The van der Waals surface area contributed by atoms with Crippen LogP contribution in [0.1, 0.15) is 19.4 Å². The molecule has 1 aromatic rings. The molecule has 3 rings (SSSR count). The summed E-state index contributed by atoms with van der Waals surface area (Å²) < 4.78 is 0. The van der Waals surface area contributed by atoms with Crippen LogP contribution in [-0.4, -0.2) is 78.2 Å². The first-order chi connectivity index (χ1) is 10.5. The number of nitrogens with zero attached hydrogens (tertiary/aromatic N) is 5. The molecule has 2 saturated heterocycles. The van der Waals surface area contributed by atoms with Crippen molar-refractivity contribution in [2.75, 3.05) is 57.8 Å². The number of piperazine rings is 2. The van der Waals surface area contributed by atoms with Gasteiger partial charge in [-0.15, -0.1) is 0 Å². The van der Waals surface area contributed by atoms with E-state index in [-0.39, 0.29) is 5.54 Å². The van der Waals surface area contributed by atoms with E-state index >= 15 is 0 Å². The van der Waals surface area contributed by atoms with Gasteiger partial charge < -0.3 is 15.1 Å². The topological polar surface area (TPSA) is 47.5 Å². The zero-order chi connectivity index (χ0) is 15.6. The zero-order valence-electron chi connectivity index (χ0n) is 14.0. The van der Waals surface area contributed by atoms with E-state index in [0.29, 0.717) is 0 Å². The predicted octanol–water partition coefficient (Wildman–Crippen LogP) is 0.412. The molecule has 6 heteroatoms. The van der Waals surface area contributed by atoms with Gasteiger partial charge >= 0.3 is 0 Å². The number of nitrogens with one attached hydrogen (secondary N) is 1. The molecule has 0 atom stereocenters. The molecule has 0 spiro atoms. The Morgan fingerprint density at radius 2 is 1.77 bits per heavy atom. The Balaban J connectivity index is 1.57. The Morgan fingerprint density at radius 3 is 2.41 bits per heavy atom. The van der Waals surface area contributed by atoms with Crippen LogP contribution in [0.3, 0.4) is 0 Å². The second kappa shape index (κ2) is 6.48. The molecule has 22 heavy (non-hydrogen) atoms. The molecule has 0 aromatic carbocycles. The van der Waals surface area contributed by atoms with E-state index in [0.717, 1.165) is 58.3 Å². The molecule has 0 radical (unpaired) electrons. The molecule has 1 aromatic heterocycles. The highest BCUT2D eigenvalue weighted by molar-refractivity contribution is 5.30. The Bertz CT molecular complexity index is 478. The van der Waals surface area contributed by atoms with Gasteiger partial charge in [0.05, 0.1) is 0 Å². The molecule has 0 unspecified atom stereocenters. The van der Waals surface area contributed by atoms with E-state index in [9.17, 15) is 0 Å². The van der Waals surface area contributed by atoms with Gasteiger partial charge in [-0.05, 0) is 20.9 Å². The maximum absolute atomic E-state index is 4.58. The molecule has 2 aliphatic rings. The molecule has 1 N–H and O–H groups in total. The van der Waals surface area contributed by atoms with Gasteiger partial charge in [-0.1, -0.05) is 0 Å². The van der Waals surface area contributed by atoms with Crippen LogP contribution in [0.2, 0.25) is 0 Å². The third-order valence-corrected chi connectivity index (χ3v) is 4.53. The van der Waals surface area contributed by atoms with Gasteiger partial charge in [0.2, 0.25) is 5.95 Å². The van der Waals surface area contributed by atoms with Crippen LogP contribution in [-0.2, 0) is 6.54 Å². The monoisotopic (exact) mass is 304 g/mol. The molecule has 0 aliphatic carbocycles. The summed E-state index contributed by atoms with van der Waals surface area (Å²) in [6, 6.07) is 0. The van der Waals surface area contributed by atoms with Crippen LogP contribution in [0, 0.1) is 0 Å². The van der Waals surface area contributed by atoms with E-state index in [1.807, 2.05) is 12.4 Å². The van der Waals surface area contributed by atoms with Crippen LogP contribution in [0.15, 0.2) is 12.4 Å². The summed E-state index contributed by atoms with van der Waals surface area (Å²) in [5.41, 5.74) is 1.40. The van der Waals surface area contributed by atoms with E-state index in [1.54, 1.807) is 0 Å². The molecule has 0 saturated carbocycles. The molecule has 122 valence electrons. The molecule has 3 heterocycles. The molecule has 6 nitrogen and oxygen atoms in total. The molecular weight excluding hydrogens is 276 g/mol. The summed E-state index contributed by atoms with van der Waals surface area (Å²) in [6.07, 6.45) is 3.99. The lowest BCUT2D eigenvalue weighted by molar-refractivity contribution is 0.148. The number of hydrogen-bond donors (Lipinski definition) is 1. The number of likely N-dealkylation sites (N-methyl/N-ethyl adjacent to an activating group) is 1. The summed E-state index contributed by atoms with van der Waals surface area (Å²) >= 11 is 0. The minimum atomic E-state index is 0.193. The van der Waals surface area contributed by atoms with Crippen molar-refractivity contribution in [1.29, 1.82) is 0 Å². The van der Waals surface area contributed by atoms with Crippen LogP contribution < -0.4 is 10.2 Å². The number of rotatable bonds is 3. The summed E-state index contributed by atoms with van der Waals surface area (Å²) in [5.74, 6) is 0.873. The van der Waals surface area contributed by atoms with Crippen LogP contribution >= 0.6 is 0 Å². The molecular formula is C16H28N6. The Labute approximate surface area is 133 Å². The average molecular weight is 304 g/mol. The van der Waals surface area contributed by atoms with Crippen molar-refractivity contribution >= 4 is 5.95 Å². The number of hydrogen-bond acceptors (Lipinski definition) is 6. The number of anilines is 1. The third-order valence-electron chi connectivity index (χ3n) is 4.53. The van der Waals surface area contributed by atoms with Gasteiger partial charge in [0, 0.05) is 75.9 Å². The largest absolute Gasteiger partial charge is 0.338 e. The lowest BCUT2D eigenvalue weighted by atomic mass is 10.0. The van der Waals surface area contributed by atoms with E-state index < -0.39 is 0 Å². The lowest BCUT2D eigenvalue weighted by Gasteiger charge is -2.39. The first kappa shape index (κ1) is 15.6. The van der Waals surface area contributed by atoms with Crippen LogP contribution in [0.25, 0.3) is 0 Å². The number of aromatic nitrogens is 2. The standard InChI is InChI=1S/C16H28N6/c1-16(2)13-21(5-4-19-16)12-14-10-17-15(18-11-14)22-8-6-20(3)7-9-22/h10-11,19H,4-9,12-13H2,1-3H3. The van der Waals surface area contributed by atoms with Crippen molar-refractivity contribution in [1.82, 2.24) is 25.1 Å². The van der Waals surface area contributed by atoms with Gasteiger partial charge in [-0.2, -0.15) is 0 Å². The smallest absolute Gasteiger partial charge is 0.225 e.